The van der Waals surface area contributed by atoms with E-state index in [1.807, 2.05) is 26.0 Å². The molecule has 1 aromatic rings. The summed E-state index contributed by atoms with van der Waals surface area (Å²) in [5.41, 5.74) is 2.52. The van der Waals surface area contributed by atoms with Gasteiger partial charge in [-0.05, 0) is 38.8 Å². The van der Waals surface area contributed by atoms with Crippen LogP contribution in [0.15, 0.2) is 12.1 Å². The maximum atomic E-state index is 11.7. The molecule has 0 unspecified atom stereocenters. The second-order valence-electron chi connectivity index (χ2n) is 4.92. The Balaban J connectivity index is 2.16. The number of hydrogen-bond acceptors (Lipinski definition) is 3. The van der Waals surface area contributed by atoms with Crippen LogP contribution in [-0.2, 0) is 4.74 Å². The smallest absolute Gasteiger partial charge is 0.339 e. The number of carbonyl (C=O) groups is 1. The van der Waals surface area contributed by atoms with Gasteiger partial charge in [-0.2, -0.15) is 0 Å². The summed E-state index contributed by atoms with van der Waals surface area (Å²) >= 11 is 0. The van der Waals surface area contributed by atoms with Gasteiger partial charge in [0.2, 0.25) is 0 Å². The van der Waals surface area contributed by atoms with Crippen molar-refractivity contribution in [2.45, 2.75) is 51.9 Å². The molecule has 18 heavy (non-hydrogen) atoms. The predicted octanol–water partition coefficient (Wildman–Crippen LogP) is 3.61. The van der Waals surface area contributed by atoms with Gasteiger partial charge in [-0.3, -0.25) is 4.98 Å². The van der Waals surface area contributed by atoms with E-state index in [0.717, 1.165) is 11.4 Å². The third kappa shape index (κ3) is 2.89. The highest BCUT2D eigenvalue weighted by Crippen LogP contribution is 2.31. The van der Waals surface area contributed by atoms with Gasteiger partial charge in [0.25, 0.3) is 0 Å². The quantitative estimate of drug-likeness (QED) is 0.766. The zero-order valence-corrected chi connectivity index (χ0v) is 11.2. The zero-order valence-electron chi connectivity index (χ0n) is 11.2. The largest absolute Gasteiger partial charge is 0.462 e. The summed E-state index contributed by atoms with van der Waals surface area (Å²) in [6.07, 6.45) is 6.39. The highest BCUT2D eigenvalue weighted by molar-refractivity contribution is 5.90. The zero-order chi connectivity index (χ0) is 13.0. The van der Waals surface area contributed by atoms with E-state index in [0.29, 0.717) is 18.1 Å². The molecule has 3 heteroatoms. The summed E-state index contributed by atoms with van der Waals surface area (Å²) < 4.78 is 5.02. The summed E-state index contributed by atoms with van der Waals surface area (Å²) in [7, 11) is 0. The van der Waals surface area contributed by atoms with Crippen LogP contribution in [0.1, 0.15) is 66.7 Å². The minimum absolute atomic E-state index is 0.266. The van der Waals surface area contributed by atoms with Crippen LogP contribution in [0.4, 0.5) is 0 Å². The number of pyridine rings is 1. The Hall–Kier alpha value is -1.38. The van der Waals surface area contributed by atoms with Gasteiger partial charge < -0.3 is 4.74 Å². The second-order valence-corrected chi connectivity index (χ2v) is 4.92. The monoisotopic (exact) mass is 247 g/mol. The van der Waals surface area contributed by atoms with Crippen molar-refractivity contribution in [1.82, 2.24) is 4.98 Å². The lowest BCUT2D eigenvalue weighted by Crippen LogP contribution is -2.11. The van der Waals surface area contributed by atoms with Gasteiger partial charge in [-0.1, -0.05) is 19.3 Å². The molecule has 0 aromatic carbocycles. The van der Waals surface area contributed by atoms with Crippen molar-refractivity contribution in [2.75, 3.05) is 6.61 Å². The van der Waals surface area contributed by atoms with Crippen molar-refractivity contribution >= 4 is 5.97 Å². The van der Waals surface area contributed by atoms with Crippen molar-refractivity contribution in [1.29, 1.82) is 0 Å². The number of rotatable bonds is 3. The first kappa shape index (κ1) is 13.1. The van der Waals surface area contributed by atoms with Crippen LogP contribution in [-0.4, -0.2) is 17.6 Å². The normalized spacial score (nSPS) is 16.6. The molecule has 3 nitrogen and oxygen atoms in total. The van der Waals surface area contributed by atoms with Gasteiger partial charge in [0, 0.05) is 11.6 Å². The number of aromatic nitrogens is 1. The Kier molecular flexibility index (Phi) is 4.34. The maximum Gasteiger partial charge on any atom is 0.339 e. The van der Waals surface area contributed by atoms with Crippen molar-refractivity contribution in [3.63, 3.8) is 0 Å². The Morgan fingerprint density at radius 1 is 1.33 bits per heavy atom. The summed E-state index contributed by atoms with van der Waals surface area (Å²) in [5.74, 6) is 0.311. The molecule has 98 valence electrons. The molecule has 0 aliphatic heterocycles. The van der Waals surface area contributed by atoms with Crippen LogP contribution in [0.2, 0.25) is 0 Å². The van der Waals surface area contributed by atoms with Gasteiger partial charge >= 0.3 is 5.97 Å². The first-order valence-corrected chi connectivity index (χ1v) is 6.87. The summed E-state index contributed by atoms with van der Waals surface area (Å²) in [5, 5.41) is 0. The molecule has 0 saturated heterocycles. The van der Waals surface area contributed by atoms with E-state index in [9.17, 15) is 4.79 Å². The molecular formula is C15H21NO2. The molecule has 1 aliphatic rings. The molecule has 0 amide bonds. The molecule has 1 aromatic heterocycles. The van der Waals surface area contributed by atoms with Gasteiger partial charge in [-0.15, -0.1) is 0 Å². The van der Waals surface area contributed by atoms with Gasteiger partial charge in [0.05, 0.1) is 17.9 Å². The van der Waals surface area contributed by atoms with E-state index in [1.165, 1.54) is 32.1 Å². The molecule has 1 fully saturated rings. The van der Waals surface area contributed by atoms with E-state index in [-0.39, 0.29) is 5.97 Å². The van der Waals surface area contributed by atoms with Gasteiger partial charge in [0.1, 0.15) is 0 Å². The average molecular weight is 247 g/mol. The molecule has 2 rings (SSSR count). The highest BCUT2D eigenvalue weighted by Gasteiger charge is 2.19. The fourth-order valence-corrected chi connectivity index (χ4v) is 2.63. The molecule has 1 heterocycles. The fraction of sp³-hybridized carbons (Fsp3) is 0.600. The minimum atomic E-state index is -0.266. The number of nitrogens with zero attached hydrogens (tertiary/aromatic N) is 1. The first-order valence-electron chi connectivity index (χ1n) is 6.87. The Morgan fingerprint density at radius 3 is 2.67 bits per heavy atom. The van der Waals surface area contributed by atoms with Crippen molar-refractivity contribution in [3.05, 3.63) is 29.1 Å². The number of ether oxygens (including phenoxy) is 1. The van der Waals surface area contributed by atoms with Crippen LogP contribution in [0.25, 0.3) is 0 Å². The summed E-state index contributed by atoms with van der Waals surface area (Å²) in [6.45, 7) is 4.11. The second kappa shape index (κ2) is 5.98. The molecule has 0 N–H and O–H groups in total. The van der Waals surface area contributed by atoms with Crippen LogP contribution in [0.5, 0.6) is 0 Å². The Labute approximate surface area is 109 Å². The van der Waals surface area contributed by atoms with E-state index < -0.39 is 0 Å². The maximum absolute atomic E-state index is 11.7. The molecule has 0 atom stereocenters. The van der Waals surface area contributed by atoms with E-state index in [2.05, 4.69) is 4.98 Å². The third-order valence-corrected chi connectivity index (χ3v) is 3.63. The molecule has 0 spiro atoms. The molecule has 1 saturated carbocycles. The topological polar surface area (TPSA) is 39.2 Å². The SMILES string of the molecule is CCOC(=O)c1ccc(C2CCCCC2)nc1C. The van der Waals surface area contributed by atoms with E-state index >= 15 is 0 Å². The van der Waals surface area contributed by atoms with E-state index in [4.69, 9.17) is 4.74 Å². The molecule has 0 bridgehead atoms. The van der Waals surface area contributed by atoms with Crippen molar-refractivity contribution < 1.29 is 9.53 Å². The number of carbonyl (C=O) groups excluding carboxylic acids is 1. The lowest BCUT2D eigenvalue weighted by molar-refractivity contribution is 0.0525. The van der Waals surface area contributed by atoms with Gasteiger partial charge in [-0.25, -0.2) is 4.79 Å². The number of aryl methyl sites for hydroxylation is 1. The van der Waals surface area contributed by atoms with Crippen LogP contribution in [0.3, 0.4) is 0 Å². The minimum Gasteiger partial charge on any atom is -0.462 e. The van der Waals surface area contributed by atoms with Crippen LogP contribution < -0.4 is 0 Å². The standard InChI is InChI=1S/C15H21NO2/c1-3-18-15(17)13-9-10-14(16-11(13)2)12-7-5-4-6-8-12/h9-10,12H,3-8H2,1-2H3. The Bertz CT molecular complexity index is 423. The van der Waals surface area contributed by atoms with Gasteiger partial charge in [0.15, 0.2) is 0 Å². The van der Waals surface area contributed by atoms with E-state index in [1.54, 1.807) is 0 Å². The van der Waals surface area contributed by atoms with Crippen molar-refractivity contribution in [2.24, 2.45) is 0 Å². The summed E-state index contributed by atoms with van der Waals surface area (Å²) in [6, 6.07) is 3.86. The number of esters is 1. The lowest BCUT2D eigenvalue weighted by Gasteiger charge is -2.21. The first-order chi connectivity index (χ1) is 8.72. The molecular weight excluding hydrogens is 226 g/mol. The summed E-state index contributed by atoms with van der Waals surface area (Å²) in [4.78, 5) is 16.3. The lowest BCUT2D eigenvalue weighted by atomic mass is 9.86. The molecule has 1 aliphatic carbocycles. The Morgan fingerprint density at radius 2 is 2.06 bits per heavy atom. The van der Waals surface area contributed by atoms with Crippen molar-refractivity contribution in [3.8, 4) is 0 Å². The third-order valence-electron chi connectivity index (χ3n) is 3.63. The predicted molar refractivity (Wildman–Crippen MR) is 70.8 cm³/mol. The highest BCUT2D eigenvalue weighted by atomic mass is 16.5. The van der Waals surface area contributed by atoms with Crippen LogP contribution >= 0.6 is 0 Å². The fourth-order valence-electron chi connectivity index (χ4n) is 2.63. The molecule has 0 radical (unpaired) electrons. The number of hydrogen-bond donors (Lipinski definition) is 0. The average Bonchev–Trinajstić information content (AvgIpc) is 2.40. The van der Waals surface area contributed by atoms with Crippen LogP contribution in [0, 0.1) is 6.92 Å².